The molecule has 12 heavy (non-hydrogen) atoms. The van der Waals surface area contributed by atoms with Crippen LogP contribution < -0.4 is 0 Å². The lowest BCUT2D eigenvalue weighted by Crippen LogP contribution is -2.12. The third kappa shape index (κ3) is 1.81. The summed E-state index contributed by atoms with van der Waals surface area (Å²) in [5.74, 6) is -0.698. The Hall–Kier alpha value is -1.39. The Morgan fingerprint density at radius 1 is 1.75 bits per heavy atom. The Balaban J connectivity index is 2.64. The van der Waals surface area contributed by atoms with Crippen molar-refractivity contribution in [3.63, 3.8) is 0 Å². The van der Waals surface area contributed by atoms with E-state index >= 15 is 0 Å². The van der Waals surface area contributed by atoms with Crippen LogP contribution in [0.2, 0.25) is 0 Å². The number of aromatic nitrogens is 2. The fourth-order valence-electron chi connectivity index (χ4n) is 0.816. The molecule has 1 unspecified atom stereocenters. The Labute approximate surface area is 69.4 Å². The minimum atomic E-state index is -0.836. The number of carboxylic acid groups (broad SMARTS) is 1. The second-order valence-corrected chi connectivity index (χ2v) is 2.72. The standard InChI is InChI=1S/C7H10N2O3/c1-4(7(10)11)3-6-5(2)12-9-8-6/h4H,3H2,1-2H3,(H,10,11). The van der Waals surface area contributed by atoms with Crippen molar-refractivity contribution in [1.29, 1.82) is 0 Å². The third-order valence-electron chi connectivity index (χ3n) is 1.67. The van der Waals surface area contributed by atoms with Crippen LogP contribution in [0.25, 0.3) is 0 Å². The van der Waals surface area contributed by atoms with Crippen LogP contribution in [0, 0.1) is 12.8 Å². The number of carboxylic acids is 1. The molecule has 1 rings (SSSR count). The molecule has 0 aliphatic heterocycles. The molecule has 1 atom stereocenters. The van der Waals surface area contributed by atoms with Gasteiger partial charge in [0.1, 0.15) is 5.69 Å². The SMILES string of the molecule is Cc1onnc1CC(C)C(=O)O. The average molecular weight is 170 g/mol. The Bertz CT molecular complexity index is 282. The van der Waals surface area contributed by atoms with E-state index in [2.05, 4.69) is 10.4 Å². The molecule has 0 amide bonds. The molecule has 0 bridgehead atoms. The summed E-state index contributed by atoms with van der Waals surface area (Å²) in [4.78, 5) is 10.5. The zero-order valence-electron chi connectivity index (χ0n) is 6.94. The van der Waals surface area contributed by atoms with Gasteiger partial charge in [-0.3, -0.25) is 4.79 Å². The van der Waals surface area contributed by atoms with E-state index in [1.807, 2.05) is 0 Å². The van der Waals surface area contributed by atoms with Gasteiger partial charge >= 0.3 is 5.97 Å². The lowest BCUT2D eigenvalue weighted by atomic mass is 10.1. The largest absolute Gasteiger partial charge is 0.481 e. The first-order chi connectivity index (χ1) is 5.61. The maximum Gasteiger partial charge on any atom is 0.306 e. The molecule has 66 valence electrons. The summed E-state index contributed by atoms with van der Waals surface area (Å²) in [5.41, 5.74) is 0.616. The number of aryl methyl sites for hydroxylation is 1. The van der Waals surface area contributed by atoms with Gasteiger partial charge in [-0.15, -0.1) is 5.10 Å². The number of nitrogens with zero attached hydrogens (tertiary/aromatic N) is 2. The maximum absolute atomic E-state index is 10.5. The molecule has 0 aromatic carbocycles. The van der Waals surface area contributed by atoms with E-state index < -0.39 is 11.9 Å². The van der Waals surface area contributed by atoms with Gasteiger partial charge in [-0.2, -0.15) is 0 Å². The van der Waals surface area contributed by atoms with Crippen molar-refractivity contribution < 1.29 is 14.4 Å². The molecule has 0 saturated carbocycles. The van der Waals surface area contributed by atoms with E-state index in [1.165, 1.54) is 0 Å². The molecule has 1 aromatic heterocycles. The molecule has 0 fully saturated rings. The first-order valence-electron chi connectivity index (χ1n) is 3.62. The molecule has 1 aromatic rings. The molecule has 5 heteroatoms. The van der Waals surface area contributed by atoms with Crippen molar-refractivity contribution in [3.8, 4) is 0 Å². The van der Waals surface area contributed by atoms with Crippen LogP contribution in [0.4, 0.5) is 0 Å². The number of hydrogen-bond donors (Lipinski definition) is 1. The highest BCUT2D eigenvalue weighted by molar-refractivity contribution is 5.69. The molecule has 1 heterocycles. The van der Waals surface area contributed by atoms with Crippen molar-refractivity contribution in [2.45, 2.75) is 20.3 Å². The van der Waals surface area contributed by atoms with E-state index in [0.717, 1.165) is 0 Å². The van der Waals surface area contributed by atoms with Crippen molar-refractivity contribution >= 4 is 5.97 Å². The third-order valence-corrected chi connectivity index (χ3v) is 1.67. The lowest BCUT2D eigenvalue weighted by molar-refractivity contribution is -0.141. The van der Waals surface area contributed by atoms with Crippen LogP contribution in [0.3, 0.4) is 0 Å². The summed E-state index contributed by atoms with van der Waals surface area (Å²) in [6.07, 6.45) is 0.366. The van der Waals surface area contributed by atoms with E-state index in [1.54, 1.807) is 13.8 Å². The van der Waals surface area contributed by atoms with Gasteiger partial charge in [-0.05, 0) is 6.92 Å². The highest BCUT2D eigenvalue weighted by atomic mass is 16.5. The topological polar surface area (TPSA) is 76.2 Å². The predicted octanol–water partition coefficient (Wildman–Crippen LogP) is 0.641. The predicted molar refractivity (Wildman–Crippen MR) is 39.5 cm³/mol. The van der Waals surface area contributed by atoms with Gasteiger partial charge in [0.05, 0.1) is 5.92 Å². The van der Waals surface area contributed by atoms with E-state index in [9.17, 15) is 4.79 Å². The van der Waals surface area contributed by atoms with Crippen molar-refractivity contribution in [3.05, 3.63) is 11.5 Å². The smallest absolute Gasteiger partial charge is 0.306 e. The summed E-state index contributed by atoms with van der Waals surface area (Å²) >= 11 is 0. The van der Waals surface area contributed by atoms with Gasteiger partial charge in [0.25, 0.3) is 0 Å². The van der Waals surface area contributed by atoms with Crippen LogP contribution in [0.5, 0.6) is 0 Å². The second-order valence-electron chi connectivity index (χ2n) is 2.72. The van der Waals surface area contributed by atoms with Gasteiger partial charge < -0.3 is 9.63 Å². The van der Waals surface area contributed by atoms with E-state index in [4.69, 9.17) is 9.63 Å². The fraction of sp³-hybridized carbons (Fsp3) is 0.571. The second kappa shape index (κ2) is 3.34. The summed E-state index contributed by atoms with van der Waals surface area (Å²) in [5, 5.41) is 15.6. The molecule has 0 aliphatic carbocycles. The number of carbonyl (C=O) groups is 1. The van der Waals surface area contributed by atoms with E-state index in [0.29, 0.717) is 17.9 Å². The number of rotatable bonds is 3. The normalized spacial score (nSPS) is 12.8. The van der Waals surface area contributed by atoms with Gasteiger partial charge in [0, 0.05) is 11.7 Å². The van der Waals surface area contributed by atoms with Crippen LogP contribution in [0.15, 0.2) is 4.52 Å². The highest BCUT2D eigenvalue weighted by Gasteiger charge is 2.15. The van der Waals surface area contributed by atoms with Crippen LogP contribution in [-0.2, 0) is 11.2 Å². The van der Waals surface area contributed by atoms with Crippen molar-refractivity contribution in [1.82, 2.24) is 10.4 Å². The molecule has 0 spiro atoms. The van der Waals surface area contributed by atoms with Crippen LogP contribution in [0.1, 0.15) is 18.4 Å². The summed E-state index contributed by atoms with van der Waals surface area (Å²) in [6.45, 7) is 3.33. The van der Waals surface area contributed by atoms with Gasteiger partial charge in [-0.25, -0.2) is 0 Å². The monoisotopic (exact) mass is 170 g/mol. The summed E-state index contributed by atoms with van der Waals surface area (Å²) in [6, 6.07) is 0. The molecule has 0 radical (unpaired) electrons. The molecular weight excluding hydrogens is 160 g/mol. The molecular formula is C7H10N2O3. The quantitative estimate of drug-likeness (QED) is 0.720. The van der Waals surface area contributed by atoms with E-state index in [-0.39, 0.29) is 0 Å². The molecule has 0 aliphatic rings. The average Bonchev–Trinajstić information content (AvgIpc) is 2.36. The Morgan fingerprint density at radius 2 is 2.42 bits per heavy atom. The lowest BCUT2D eigenvalue weighted by Gasteiger charge is -2.01. The Kier molecular flexibility index (Phi) is 2.42. The van der Waals surface area contributed by atoms with Crippen molar-refractivity contribution in [2.24, 2.45) is 5.92 Å². The van der Waals surface area contributed by atoms with Crippen LogP contribution >= 0.6 is 0 Å². The van der Waals surface area contributed by atoms with Gasteiger partial charge in [-0.1, -0.05) is 6.92 Å². The maximum atomic E-state index is 10.5. The molecule has 5 nitrogen and oxygen atoms in total. The first-order valence-corrected chi connectivity index (χ1v) is 3.62. The molecule has 0 saturated heterocycles. The summed E-state index contributed by atoms with van der Waals surface area (Å²) < 4.78 is 4.69. The van der Waals surface area contributed by atoms with Crippen LogP contribution in [-0.4, -0.2) is 21.4 Å². The first kappa shape index (κ1) is 8.70. The molecule has 1 N–H and O–H groups in total. The van der Waals surface area contributed by atoms with Gasteiger partial charge in [0.2, 0.25) is 0 Å². The zero-order chi connectivity index (χ0) is 9.14. The van der Waals surface area contributed by atoms with Gasteiger partial charge in [0.15, 0.2) is 5.76 Å². The zero-order valence-corrected chi connectivity index (χ0v) is 6.94. The minimum Gasteiger partial charge on any atom is -0.481 e. The highest BCUT2D eigenvalue weighted by Crippen LogP contribution is 2.09. The number of hydrogen-bond acceptors (Lipinski definition) is 4. The fourth-order valence-corrected chi connectivity index (χ4v) is 0.816. The Morgan fingerprint density at radius 3 is 2.83 bits per heavy atom. The summed E-state index contributed by atoms with van der Waals surface area (Å²) in [7, 11) is 0. The number of aliphatic carboxylic acids is 1. The minimum absolute atomic E-state index is 0.366. The van der Waals surface area contributed by atoms with Crippen molar-refractivity contribution in [2.75, 3.05) is 0 Å².